The molecule has 1 aromatic carbocycles. The Morgan fingerprint density at radius 2 is 1.93 bits per heavy atom. The van der Waals surface area contributed by atoms with Crippen LogP contribution in [0.4, 0.5) is 0 Å². The van der Waals surface area contributed by atoms with Gasteiger partial charge in [0, 0.05) is 6.26 Å². The number of sulfone groups is 1. The molecule has 1 rings (SSSR count). The molecule has 15 heavy (non-hydrogen) atoms. The van der Waals surface area contributed by atoms with E-state index in [9.17, 15) is 8.42 Å². The third kappa shape index (κ3) is 3.04. The largest absolute Gasteiger partial charge is 0.330 e. The van der Waals surface area contributed by atoms with Crippen LogP contribution in [0.15, 0.2) is 29.2 Å². The highest BCUT2D eigenvalue weighted by molar-refractivity contribution is 7.90. The fourth-order valence-corrected chi connectivity index (χ4v) is 2.65. The van der Waals surface area contributed by atoms with Crippen LogP contribution in [0.3, 0.4) is 0 Å². The highest BCUT2D eigenvalue weighted by Gasteiger charge is 2.16. The molecule has 0 fully saturated rings. The lowest BCUT2D eigenvalue weighted by molar-refractivity contribution is 0.596. The molecular formula is C11H17NO2S. The maximum Gasteiger partial charge on any atom is 0.175 e. The fraction of sp³-hybridized carbons (Fsp3) is 0.455. The summed E-state index contributed by atoms with van der Waals surface area (Å²) in [6.45, 7) is 2.57. The highest BCUT2D eigenvalue weighted by Crippen LogP contribution is 2.25. The van der Waals surface area contributed by atoms with Gasteiger partial charge in [-0.1, -0.05) is 25.1 Å². The molecule has 0 bridgehead atoms. The van der Waals surface area contributed by atoms with Gasteiger partial charge in [0.05, 0.1) is 4.90 Å². The quantitative estimate of drug-likeness (QED) is 0.848. The van der Waals surface area contributed by atoms with Crippen LogP contribution in [0.2, 0.25) is 0 Å². The van der Waals surface area contributed by atoms with Gasteiger partial charge in [-0.3, -0.25) is 0 Å². The molecule has 4 heteroatoms. The van der Waals surface area contributed by atoms with Gasteiger partial charge < -0.3 is 5.73 Å². The molecule has 3 nitrogen and oxygen atoms in total. The van der Waals surface area contributed by atoms with Crippen LogP contribution in [0.1, 0.15) is 24.8 Å². The molecule has 84 valence electrons. The van der Waals surface area contributed by atoms with E-state index in [2.05, 4.69) is 0 Å². The third-order valence-electron chi connectivity index (χ3n) is 2.45. The van der Waals surface area contributed by atoms with Crippen molar-refractivity contribution >= 4 is 9.84 Å². The lowest BCUT2D eigenvalue weighted by atomic mass is 9.98. The van der Waals surface area contributed by atoms with Crippen molar-refractivity contribution in [2.75, 3.05) is 12.8 Å². The van der Waals surface area contributed by atoms with Crippen molar-refractivity contribution in [3.8, 4) is 0 Å². The van der Waals surface area contributed by atoms with E-state index in [-0.39, 0.29) is 5.92 Å². The van der Waals surface area contributed by atoms with Gasteiger partial charge in [0.25, 0.3) is 0 Å². The molecule has 1 atom stereocenters. The van der Waals surface area contributed by atoms with Crippen molar-refractivity contribution < 1.29 is 8.42 Å². The smallest absolute Gasteiger partial charge is 0.175 e. The molecule has 0 aliphatic carbocycles. The molecule has 0 aromatic heterocycles. The van der Waals surface area contributed by atoms with Gasteiger partial charge in [0.2, 0.25) is 0 Å². The summed E-state index contributed by atoms with van der Waals surface area (Å²) in [4.78, 5) is 0.422. The highest BCUT2D eigenvalue weighted by atomic mass is 32.2. The molecule has 0 aliphatic heterocycles. The van der Waals surface area contributed by atoms with E-state index in [0.717, 1.165) is 12.0 Å². The molecular weight excluding hydrogens is 210 g/mol. The van der Waals surface area contributed by atoms with Gasteiger partial charge in [-0.25, -0.2) is 8.42 Å². The second-order valence-electron chi connectivity index (χ2n) is 3.79. The zero-order valence-corrected chi connectivity index (χ0v) is 9.92. The minimum Gasteiger partial charge on any atom is -0.330 e. The molecule has 0 radical (unpaired) electrons. The lowest BCUT2D eigenvalue weighted by Gasteiger charge is -2.14. The SMILES string of the molecule is CC(CCN)c1ccccc1S(C)(=O)=O. The number of benzene rings is 1. The van der Waals surface area contributed by atoms with Crippen molar-refractivity contribution in [3.05, 3.63) is 29.8 Å². The van der Waals surface area contributed by atoms with Gasteiger partial charge >= 0.3 is 0 Å². The molecule has 0 amide bonds. The van der Waals surface area contributed by atoms with E-state index in [1.54, 1.807) is 12.1 Å². The number of nitrogens with two attached hydrogens (primary N) is 1. The predicted molar refractivity (Wildman–Crippen MR) is 61.6 cm³/mol. The second-order valence-corrected chi connectivity index (χ2v) is 5.77. The van der Waals surface area contributed by atoms with E-state index in [1.165, 1.54) is 6.26 Å². The monoisotopic (exact) mass is 227 g/mol. The molecule has 1 aromatic rings. The Kier molecular flexibility index (Phi) is 3.88. The van der Waals surface area contributed by atoms with Gasteiger partial charge in [0.1, 0.15) is 0 Å². The molecule has 2 N–H and O–H groups in total. The Hall–Kier alpha value is -0.870. The summed E-state index contributed by atoms with van der Waals surface area (Å²) in [5.41, 5.74) is 6.34. The van der Waals surface area contributed by atoms with Crippen LogP contribution in [-0.2, 0) is 9.84 Å². The van der Waals surface area contributed by atoms with E-state index >= 15 is 0 Å². The Morgan fingerprint density at radius 1 is 1.33 bits per heavy atom. The molecule has 0 spiro atoms. The maximum absolute atomic E-state index is 11.5. The third-order valence-corrected chi connectivity index (χ3v) is 3.62. The Balaban J connectivity index is 3.18. The summed E-state index contributed by atoms with van der Waals surface area (Å²) in [6, 6.07) is 7.11. The topological polar surface area (TPSA) is 60.2 Å². The zero-order chi connectivity index (χ0) is 11.5. The van der Waals surface area contributed by atoms with Crippen molar-refractivity contribution in [2.24, 2.45) is 5.73 Å². The normalized spacial score (nSPS) is 13.8. The molecule has 1 unspecified atom stereocenters. The van der Waals surface area contributed by atoms with Crippen molar-refractivity contribution in [1.82, 2.24) is 0 Å². The van der Waals surface area contributed by atoms with Crippen LogP contribution < -0.4 is 5.73 Å². The summed E-state index contributed by atoms with van der Waals surface area (Å²) >= 11 is 0. The van der Waals surface area contributed by atoms with Gasteiger partial charge in [-0.15, -0.1) is 0 Å². The number of hydrogen-bond acceptors (Lipinski definition) is 3. The molecule has 0 saturated carbocycles. The van der Waals surface area contributed by atoms with Gasteiger partial charge in [0.15, 0.2) is 9.84 Å². The van der Waals surface area contributed by atoms with E-state index < -0.39 is 9.84 Å². The van der Waals surface area contributed by atoms with Crippen molar-refractivity contribution in [2.45, 2.75) is 24.2 Å². The summed E-state index contributed by atoms with van der Waals surface area (Å²) in [6.07, 6.45) is 2.04. The minimum atomic E-state index is -3.14. The van der Waals surface area contributed by atoms with Gasteiger partial charge in [-0.2, -0.15) is 0 Å². The van der Waals surface area contributed by atoms with E-state index in [1.807, 2.05) is 19.1 Å². The standard InChI is InChI=1S/C11H17NO2S/c1-9(7-8-12)10-5-3-4-6-11(10)15(2,13)14/h3-6,9H,7-8,12H2,1-2H3. The van der Waals surface area contributed by atoms with Crippen molar-refractivity contribution in [3.63, 3.8) is 0 Å². The summed E-state index contributed by atoms with van der Waals surface area (Å²) in [7, 11) is -3.14. The summed E-state index contributed by atoms with van der Waals surface area (Å²) < 4.78 is 23.1. The number of rotatable bonds is 4. The summed E-state index contributed by atoms with van der Waals surface area (Å²) in [5.74, 6) is 0.181. The second kappa shape index (κ2) is 4.77. The first-order valence-corrected chi connectivity index (χ1v) is 6.85. The fourth-order valence-electron chi connectivity index (χ4n) is 1.63. The van der Waals surface area contributed by atoms with Gasteiger partial charge in [-0.05, 0) is 30.5 Å². The maximum atomic E-state index is 11.5. The van der Waals surface area contributed by atoms with Crippen LogP contribution >= 0.6 is 0 Å². The van der Waals surface area contributed by atoms with Crippen LogP contribution in [0.5, 0.6) is 0 Å². The first kappa shape index (κ1) is 12.2. The average Bonchev–Trinajstić information content (AvgIpc) is 2.17. The Morgan fingerprint density at radius 3 is 2.47 bits per heavy atom. The Bertz CT molecular complexity index is 426. The Labute approximate surface area is 91.2 Å². The molecule has 0 heterocycles. The van der Waals surface area contributed by atoms with E-state index in [0.29, 0.717) is 11.4 Å². The van der Waals surface area contributed by atoms with Crippen LogP contribution in [0.25, 0.3) is 0 Å². The number of hydrogen-bond donors (Lipinski definition) is 1. The van der Waals surface area contributed by atoms with Crippen molar-refractivity contribution in [1.29, 1.82) is 0 Å². The summed E-state index contributed by atoms with van der Waals surface area (Å²) in [5, 5.41) is 0. The van der Waals surface area contributed by atoms with Crippen LogP contribution in [0, 0.1) is 0 Å². The molecule has 0 saturated heterocycles. The van der Waals surface area contributed by atoms with E-state index in [4.69, 9.17) is 5.73 Å². The lowest BCUT2D eigenvalue weighted by Crippen LogP contribution is -2.09. The zero-order valence-electron chi connectivity index (χ0n) is 9.10. The minimum absolute atomic E-state index is 0.181. The first-order chi connectivity index (χ1) is 6.96. The average molecular weight is 227 g/mol. The first-order valence-electron chi connectivity index (χ1n) is 4.96. The molecule has 0 aliphatic rings. The predicted octanol–water partition coefficient (Wildman–Crippen LogP) is 1.54. The van der Waals surface area contributed by atoms with Crippen LogP contribution in [-0.4, -0.2) is 21.2 Å².